The zero-order valence-corrected chi connectivity index (χ0v) is 23.2. The lowest BCUT2D eigenvalue weighted by Gasteiger charge is -2.48. The van der Waals surface area contributed by atoms with Gasteiger partial charge in [0.2, 0.25) is 11.8 Å². The topological polar surface area (TPSA) is 181 Å². The molecule has 2 aromatic carbocycles. The number of rotatable bonds is 12. The summed E-state index contributed by atoms with van der Waals surface area (Å²) in [5, 5.41) is 20.2. The first-order valence-electron chi connectivity index (χ1n) is 13.1. The monoisotopic (exact) mass is 553 g/mol. The van der Waals surface area contributed by atoms with Gasteiger partial charge in [-0.2, -0.15) is 0 Å². The Balaban J connectivity index is 1.89. The first kappa shape index (κ1) is 30.6. The normalized spacial score (nSPS) is 17.7. The highest BCUT2D eigenvalue weighted by molar-refractivity contribution is 5.96. The number of aliphatic hydroxyl groups is 1. The predicted molar refractivity (Wildman–Crippen MR) is 149 cm³/mol. The minimum absolute atomic E-state index is 0.0601. The zero-order chi connectivity index (χ0) is 29.5. The smallest absolute Gasteiger partial charge is 0.306 e. The summed E-state index contributed by atoms with van der Waals surface area (Å²) in [6, 6.07) is 13.0. The molecule has 40 heavy (non-hydrogen) atoms. The number of hydrogen-bond acceptors (Lipinski definition) is 8. The predicted octanol–water partition coefficient (Wildman–Crippen LogP) is 1.44. The Bertz CT molecular complexity index is 1230. The number of carbonyl (C=O) groups excluding carboxylic acids is 3. The number of esters is 1. The second kappa shape index (κ2) is 12.9. The highest BCUT2D eigenvalue weighted by Crippen LogP contribution is 2.47. The van der Waals surface area contributed by atoms with E-state index in [0.717, 1.165) is 5.56 Å². The first-order chi connectivity index (χ1) is 19.0. The molecule has 2 amide bonds. The maximum atomic E-state index is 14.1. The number of benzene rings is 2. The van der Waals surface area contributed by atoms with Crippen molar-refractivity contribution >= 4 is 23.6 Å². The number of nitrogen functional groups attached to an aromatic ring is 1. The summed E-state index contributed by atoms with van der Waals surface area (Å²) in [5.41, 5.74) is 10.9. The fraction of sp³-hybridized carbons (Fsp3) is 0.448. The van der Waals surface area contributed by atoms with E-state index in [1.807, 2.05) is 30.3 Å². The van der Waals surface area contributed by atoms with Gasteiger partial charge in [0, 0.05) is 29.6 Å². The molecule has 1 aliphatic heterocycles. The molecule has 0 aliphatic carbocycles. The largest absolute Gasteiger partial charge is 0.496 e. The molecule has 11 nitrogen and oxygen atoms in total. The number of nitrogens with two attached hydrogens (primary N) is 2. The van der Waals surface area contributed by atoms with Gasteiger partial charge in [-0.15, -0.1) is 0 Å². The minimum Gasteiger partial charge on any atom is -0.496 e. The van der Waals surface area contributed by atoms with Crippen molar-refractivity contribution in [2.45, 2.75) is 57.8 Å². The van der Waals surface area contributed by atoms with Crippen LogP contribution in [0.2, 0.25) is 0 Å². The molecule has 0 unspecified atom stereocenters. The van der Waals surface area contributed by atoms with Crippen LogP contribution in [0.25, 0.3) is 0 Å². The lowest BCUT2D eigenvalue weighted by molar-refractivity contribution is -0.160. The van der Waals surface area contributed by atoms with E-state index in [1.54, 1.807) is 32.0 Å². The third-order valence-electron chi connectivity index (χ3n) is 7.52. The van der Waals surface area contributed by atoms with Gasteiger partial charge in [0.05, 0.1) is 20.1 Å². The van der Waals surface area contributed by atoms with E-state index in [0.29, 0.717) is 29.7 Å². The molecule has 0 radical (unpaired) electrons. The van der Waals surface area contributed by atoms with Gasteiger partial charge in [-0.1, -0.05) is 56.3 Å². The van der Waals surface area contributed by atoms with Crippen LogP contribution in [0, 0.1) is 10.8 Å². The molecule has 0 aromatic heterocycles. The Kier molecular flexibility index (Phi) is 9.88. The number of ether oxygens (including phenoxy) is 2. The number of amidine groups is 1. The summed E-state index contributed by atoms with van der Waals surface area (Å²) < 4.78 is 11.0. The summed E-state index contributed by atoms with van der Waals surface area (Å²) in [5.74, 6) is -1.21. The van der Waals surface area contributed by atoms with Crippen LogP contribution in [-0.4, -0.2) is 65.5 Å². The van der Waals surface area contributed by atoms with Crippen LogP contribution in [0.1, 0.15) is 49.8 Å². The van der Waals surface area contributed by atoms with Gasteiger partial charge in [0.15, 0.2) is 0 Å². The number of amides is 2. The Morgan fingerprint density at radius 2 is 1.90 bits per heavy atom. The summed E-state index contributed by atoms with van der Waals surface area (Å²) >= 11 is 0. The molecule has 1 saturated heterocycles. The molecule has 3 rings (SSSR count). The van der Waals surface area contributed by atoms with Crippen molar-refractivity contribution in [3.8, 4) is 5.75 Å². The van der Waals surface area contributed by atoms with Crippen molar-refractivity contribution in [3.63, 3.8) is 0 Å². The highest BCUT2D eigenvalue weighted by atomic mass is 16.5. The molecule has 216 valence electrons. The number of nitrogens with one attached hydrogen (secondary N) is 2. The van der Waals surface area contributed by atoms with Crippen LogP contribution in [0.5, 0.6) is 5.75 Å². The Labute approximate surface area is 234 Å². The second-order valence-corrected chi connectivity index (χ2v) is 10.6. The van der Waals surface area contributed by atoms with Gasteiger partial charge >= 0.3 is 5.97 Å². The van der Waals surface area contributed by atoms with Gasteiger partial charge in [0.1, 0.15) is 29.8 Å². The first-order valence-corrected chi connectivity index (χ1v) is 13.1. The Morgan fingerprint density at radius 3 is 2.52 bits per heavy atom. The van der Waals surface area contributed by atoms with Crippen LogP contribution >= 0.6 is 0 Å². The quantitative estimate of drug-likeness (QED) is 0.149. The van der Waals surface area contributed by atoms with Crippen LogP contribution in [0.15, 0.2) is 48.5 Å². The maximum Gasteiger partial charge on any atom is 0.306 e. The van der Waals surface area contributed by atoms with E-state index < -0.39 is 41.4 Å². The van der Waals surface area contributed by atoms with Crippen LogP contribution in [0.4, 0.5) is 0 Å². The molecule has 1 fully saturated rings. The highest BCUT2D eigenvalue weighted by Gasteiger charge is 2.59. The number of likely N-dealkylation sites (tertiary alicyclic amines) is 1. The van der Waals surface area contributed by atoms with Crippen molar-refractivity contribution in [3.05, 3.63) is 65.2 Å². The van der Waals surface area contributed by atoms with Gasteiger partial charge in [-0.05, 0) is 24.5 Å². The third-order valence-corrected chi connectivity index (χ3v) is 7.52. The minimum atomic E-state index is -1.44. The van der Waals surface area contributed by atoms with Crippen LogP contribution in [-0.2, 0) is 32.3 Å². The number of hydrogen-bond donors (Lipinski definition) is 5. The standard InChI is InChI=1S/C29H39N5O6/c1-28(2,15-24(36)40-18-19-8-5-4-6-9-19)29(12-7-13-34(29)26(37)22(30)17-35)27(38)33-16-21-11-10-20(25(31)32)14-23(21)39-3/h4-6,8-11,14,22,35H,7,12-13,15-18,30H2,1-3H3,(H3,31,32)(H,33,38)/t22-,29-/m0/s1. The molecule has 11 heteroatoms. The maximum absolute atomic E-state index is 14.1. The molecule has 7 N–H and O–H groups in total. The SMILES string of the molecule is COc1cc(C(=N)N)ccc1CNC(=O)[C@]1(C(C)(C)CC(=O)OCc2ccccc2)CCCN1C(=O)[C@@H](N)CO. The molecule has 0 spiro atoms. The van der Waals surface area contributed by atoms with Crippen molar-refractivity contribution in [1.29, 1.82) is 5.41 Å². The molecule has 2 atom stereocenters. The van der Waals surface area contributed by atoms with E-state index in [-0.39, 0.29) is 32.0 Å². The van der Waals surface area contributed by atoms with Crippen LogP contribution in [0.3, 0.4) is 0 Å². The fourth-order valence-corrected chi connectivity index (χ4v) is 5.32. The second-order valence-electron chi connectivity index (χ2n) is 10.6. The van der Waals surface area contributed by atoms with Gasteiger partial charge in [-0.3, -0.25) is 19.8 Å². The Morgan fingerprint density at radius 1 is 1.20 bits per heavy atom. The lowest BCUT2D eigenvalue weighted by atomic mass is 9.67. The summed E-state index contributed by atoms with van der Waals surface area (Å²) in [6.45, 7) is 3.34. The van der Waals surface area contributed by atoms with E-state index in [9.17, 15) is 19.5 Å². The number of aliphatic hydroxyl groups excluding tert-OH is 1. The van der Waals surface area contributed by atoms with Crippen molar-refractivity contribution < 1.29 is 29.0 Å². The van der Waals surface area contributed by atoms with E-state index in [2.05, 4.69) is 5.32 Å². The molecular formula is C29H39N5O6. The number of nitrogens with zero attached hydrogens (tertiary/aromatic N) is 1. The molecule has 0 saturated carbocycles. The summed E-state index contributed by atoms with van der Waals surface area (Å²) in [4.78, 5) is 41.8. The van der Waals surface area contributed by atoms with E-state index in [4.69, 9.17) is 26.4 Å². The third kappa shape index (κ3) is 6.43. The van der Waals surface area contributed by atoms with Crippen molar-refractivity contribution in [2.75, 3.05) is 20.3 Å². The van der Waals surface area contributed by atoms with Crippen LogP contribution < -0.4 is 21.5 Å². The zero-order valence-electron chi connectivity index (χ0n) is 23.2. The number of carbonyl (C=O) groups is 3. The average Bonchev–Trinajstić information content (AvgIpc) is 3.41. The van der Waals surface area contributed by atoms with E-state index in [1.165, 1.54) is 12.0 Å². The lowest BCUT2D eigenvalue weighted by Crippen LogP contribution is -2.67. The fourth-order valence-electron chi connectivity index (χ4n) is 5.32. The molecule has 1 aliphatic rings. The van der Waals surface area contributed by atoms with Gasteiger partial charge in [-0.25, -0.2) is 0 Å². The molecular weight excluding hydrogens is 514 g/mol. The summed E-state index contributed by atoms with van der Waals surface area (Å²) in [6.07, 6.45) is 0.667. The molecule has 1 heterocycles. The van der Waals surface area contributed by atoms with Gasteiger partial charge in [0.25, 0.3) is 0 Å². The van der Waals surface area contributed by atoms with Crippen molar-refractivity contribution in [1.82, 2.24) is 10.2 Å². The molecule has 0 bridgehead atoms. The van der Waals surface area contributed by atoms with E-state index >= 15 is 0 Å². The Hall–Kier alpha value is -3.96. The molecule has 2 aromatic rings. The summed E-state index contributed by atoms with van der Waals surface area (Å²) in [7, 11) is 1.48. The van der Waals surface area contributed by atoms with Crippen molar-refractivity contribution in [2.24, 2.45) is 16.9 Å². The number of methoxy groups -OCH3 is 1. The average molecular weight is 554 g/mol. The van der Waals surface area contributed by atoms with Gasteiger partial charge < -0.3 is 36.3 Å².